The molecular weight excluding hydrogens is 291 g/mol. The molecule has 0 unspecified atom stereocenters. The van der Waals surface area contributed by atoms with Crippen molar-refractivity contribution in [3.05, 3.63) is 59.9 Å². The molecule has 0 aliphatic heterocycles. The van der Waals surface area contributed by atoms with Crippen molar-refractivity contribution in [2.75, 3.05) is 17.2 Å². The smallest absolute Gasteiger partial charge is 0.226 e. The van der Waals surface area contributed by atoms with Crippen LogP contribution in [0.25, 0.3) is 0 Å². The molecule has 3 nitrogen and oxygen atoms in total. The van der Waals surface area contributed by atoms with Crippen molar-refractivity contribution in [2.45, 2.75) is 32.6 Å². The van der Waals surface area contributed by atoms with Gasteiger partial charge in [-0.1, -0.05) is 51.1 Å². The topological polar surface area (TPSA) is 41.1 Å². The monoisotopic (exact) mass is 314 g/mol. The molecule has 0 radical (unpaired) electrons. The van der Waals surface area contributed by atoms with Crippen molar-refractivity contribution in [3.8, 4) is 0 Å². The van der Waals surface area contributed by atoms with Crippen LogP contribution in [0.1, 0.15) is 32.8 Å². The van der Waals surface area contributed by atoms with Gasteiger partial charge in [0.2, 0.25) is 5.91 Å². The third kappa shape index (κ3) is 4.81. The molecule has 0 heterocycles. The van der Waals surface area contributed by atoms with Gasteiger partial charge >= 0.3 is 0 Å². The predicted molar refractivity (Wildman–Crippen MR) is 93.3 cm³/mol. The van der Waals surface area contributed by atoms with Crippen LogP contribution in [0.2, 0.25) is 0 Å². The van der Waals surface area contributed by atoms with E-state index in [0.717, 1.165) is 5.69 Å². The maximum atomic E-state index is 13.5. The molecule has 0 aliphatic rings. The van der Waals surface area contributed by atoms with E-state index in [9.17, 15) is 9.18 Å². The minimum Gasteiger partial charge on any atom is -0.384 e. The number of halogens is 1. The zero-order valence-corrected chi connectivity index (χ0v) is 13.8. The fourth-order valence-corrected chi connectivity index (χ4v) is 2.38. The molecule has 4 heteroatoms. The second kappa shape index (κ2) is 7.27. The Morgan fingerprint density at radius 3 is 2.26 bits per heavy atom. The number of rotatable bonds is 5. The van der Waals surface area contributed by atoms with Gasteiger partial charge in [-0.15, -0.1) is 0 Å². The molecule has 0 spiro atoms. The van der Waals surface area contributed by atoms with Crippen LogP contribution in [0, 0.1) is 5.82 Å². The first-order valence-electron chi connectivity index (χ1n) is 7.75. The Morgan fingerprint density at radius 2 is 1.61 bits per heavy atom. The molecule has 0 saturated carbocycles. The minimum absolute atomic E-state index is 0.0268. The fraction of sp³-hybridized carbons (Fsp3) is 0.316. The summed E-state index contributed by atoms with van der Waals surface area (Å²) in [5.74, 6) is -0.636. The molecule has 2 aromatic rings. The summed E-state index contributed by atoms with van der Waals surface area (Å²) in [6.07, 6.45) is 0.271. The van der Waals surface area contributed by atoms with Crippen LogP contribution < -0.4 is 10.6 Å². The van der Waals surface area contributed by atoms with Gasteiger partial charge in [-0.05, 0) is 29.2 Å². The molecule has 0 fully saturated rings. The first kappa shape index (κ1) is 17.0. The highest BCUT2D eigenvalue weighted by Gasteiger charge is 2.17. The quantitative estimate of drug-likeness (QED) is 0.849. The molecule has 2 N–H and O–H groups in total. The predicted octanol–water partition coefficient (Wildman–Crippen LogP) is 4.56. The summed E-state index contributed by atoms with van der Waals surface area (Å²) in [5.41, 5.74) is 2.47. The van der Waals surface area contributed by atoms with E-state index in [1.54, 1.807) is 18.2 Å². The lowest BCUT2D eigenvalue weighted by Crippen LogP contribution is -2.19. The van der Waals surface area contributed by atoms with Crippen molar-refractivity contribution in [3.63, 3.8) is 0 Å². The third-order valence-corrected chi connectivity index (χ3v) is 3.55. The third-order valence-electron chi connectivity index (χ3n) is 3.55. The standard InChI is InChI=1S/C19H23FN2O/c1-19(2,3)14-8-4-6-10-16(14)21-13-12-18(23)22-17-11-7-5-9-15(17)20/h4-11,21H,12-13H2,1-3H3,(H,22,23). The van der Waals surface area contributed by atoms with E-state index in [0.29, 0.717) is 6.54 Å². The van der Waals surface area contributed by atoms with Gasteiger partial charge in [0.15, 0.2) is 0 Å². The largest absolute Gasteiger partial charge is 0.384 e. The summed E-state index contributed by atoms with van der Waals surface area (Å²) >= 11 is 0. The maximum absolute atomic E-state index is 13.5. The van der Waals surface area contributed by atoms with E-state index >= 15 is 0 Å². The first-order valence-corrected chi connectivity index (χ1v) is 7.75. The number of nitrogens with one attached hydrogen (secondary N) is 2. The molecule has 23 heavy (non-hydrogen) atoms. The second-order valence-electron chi connectivity index (χ2n) is 6.50. The van der Waals surface area contributed by atoms with Gasteiger partial charge in [-0.25, -0.2) is 4.39 Å². The molecule has 0 bridgehead atoms. The lowest BCUT2D eigenvalue weighted by atomic mass is 9.86. The van der Waals surface area contributed by atoms with Crippen LogP contribution >= 0.6 is 0 Å². The van der Waals surface area contributed by atoms with Gasteiger partial charge in [0.25, 0.3) is 0 Å². The van der Waals surface area contributed by atoms with Gasteiger partial charge in [0.05, 0.1) is 5.69 Å². The van der Waals surface area contributed by atoms with Crippen molar-refractivity contribution in [2.24, 2.45) is 0 Å². The highest BCUT2D eigenvalue weighted by atomic mass is 19.1. The van der Waals surface area contributed by atoms with Crippen molar-refractivity contribution >= 4 is 17.3 Å². The molecule has 2 aromatic carbocycles. The summed E-state index contributed by atoms with van der Waals surface area (Å²) in [7, 11) is 0. The summed E-state index contributed by atoms with van der Waals surface area (Å²) in [4.78, 5) is 11.9. The van der Waals surface area contributed by atoms with Crippen LogP contribution in [0.15, 0.2) is 48.5 Å². The van der Waals surface area contributed by atoms with Gasteiger partial charge < -0.3 is 10.6 Å². The number of para-hydroxylation sites is 2. The first-order chi connectivity index (χ1) is 10.9. The lowest BCUT2D eigenvalue weighted by Gasteiger charge is -2.23. The van der Waals surface area contributed by atoms with Crippen molar-refractivity contribution in [1.29, 1.82) is 0 Å². The summed E-state index contributed by atoms with van der Waals surface area (Å²) in [6, 6.07) is 14.2. The molecule has 0 saturated heterocycles. The lowest BCUT2D eigenvalue weighted by molar-refractivity contribution is -0.116. The Kier molecular flexibility index (Phi) is 5.37. The molecule has 0 aliphatic carbocycles. The molecule has 2 rings (SSSR count). The number of hydrogen-bond donors (Lipinski definition) is 2. The summed E-state index contributed by atoms with van der Waals surface area (Å²) in [6.45, 7) is 6.95. The number of carbonyl (C=O) groups excluding carboxylic acids is 1. The van der Waals surface area contributed by atoms with Gasteiger partial charge in [0, 0.05) is 18.7 Å². The van der Waals surface area contributed by atoms with Crippen LogP contribution in [0.4, 0.5) is 15.8 Å². The van der Waals surface area contributed by atoms with E-state index in [-0.39, 0.29) is 23.4 Å². The maximum Gasteiger partial charge on any atom is 0.226 e. The Bertz CT molecular complexity index is 677. The van der Waals surface area contributed by atoms with E-state index in [4.69, 9.17) is 0 Å². The molecule has 0 aromatic heterocycles. The van der Waals surface area contributed by atoms with Gasteiger partial charge in [-0.3, -0.25) is 4.79 Å². The van der Waals surface area contributed by atoms with Gasteiger partial charge in [-0.2, -0.15) is 0 Å². The van der Waals surface area contributed by atoms with E-state index in [1.807, 2.05) is 18.2 Å². The Morgan fingerprint density at radius 1 is 1.00 bits per heavy atom. The molecular formula is C19H23FN2O. The highest BCUT2D eigenvalue weighted by molar-refractivity contribution is 5.91. The second-order valence-corrected chi connectivity index (χ2v) is 6.50. The zero-order valence-electron chi connectivity index (χ0n) is 13.8. The number of hydrogen-bond acceptors (Lipinski definition) is 2. The Hall–Kier alpha value is -2.36. The van der Waals surface area contributed by atoms with Crippen LogP contribution in [0.3, 0.4) is 0 Å². The summed E-state index contributed by atoms with van der Waals surface area (Å²) < 4.78 is 13.5. The van der Waals surface area contributed by atoms with Crippen LogP contribution in [-0.2, 0) is 10.2 Å². The number of amides is 1. The fourth-order valence-electron chi connectivity index (χ4n) is 2.38. The van der Waals surface area contributed by atoms with Crippen LogP contribution in [-0.4, -0.2) is 12.5 Å². The Labute approximate surface area is 136 Å². The normalized spacial score (nSPS) is 11.1. The molecule has 0 atom stereocenters. The summed E-state index contributed by atoms with van der Waals surface area (Å²) in [5, 5.41) is 5.88. The average molecular weight is 314 g/mol. The highest BCUT2D eigenvalue weighted by Crippen LogP contribution is 2.29. The average Bonchev–Trinajstić information content (AvgIpc) is 2.49. The Balaban J connectivity index is 1.91. The van der Waals surface area contributed by atoms with Gasteiger partial charge in [0.1, 0.15) is 5.82 Å². The molecule has 122 valence electrons. The van der Waals surface area contributed by atoms with Crippen LogP contribution in [0.5, 0.6) is 0 Å². The minimum atomic E-state index is -0.424. The number of benzene rings is 2. The van der Waals surface area contributed by atoms with Crippen molar-refractivity contribution < 1.29 is 9.18 Å². The molecule has 1 amide bonds. The SMILES string of the molecule is CC(C)(C)c1ccccc1NCCC(=O)Nc1ccccc1F. The number of anilines is 2. The van der Waals surface area contributed by atoms with E-state index in [1.165, 1.54) is 11.6 Å². The van der Waals surface area contributed by atoms with E-state index in [2.05, 4.69) is 37.5 Å². The zero-order chi connectivity index (χ0) is 16.9. The van der Waals surface area contributed by atoms with Crippen molar-refractivity contribution in [1.82, 2.24) is 0 Å². The van der Waals surface area contributed by atoms with E-state index < -0.39 is 5.82 Å². The number of carbonyl (C=O) groups is 1.